The molecule has 6 nitrogen and oxygen atoms in total. The van der Waals surface area contributed by atoms with Crippen molar-refractivity contribution in [3.63, 3.8) is 0 Å². The molecule has 0 spiro atoms. The molecule has 0 aliphatic carbocycles. The lowest BCUT2D eigenvalue weighted by Crippen LogP contribution is -2.19. The first-order valence-corrected chi connectivity index (χ1v) is 6.30. The van der Waals surface area contributed by atoms with Crippen LogP contribution in [0, 0.1) is 0 Å². The molecule has 3 rings (SSSR count). The largest absolute Gasteiger partial charge is 0.491 e. The molecule has 6 heteroatoms. The third kappa shape index (κ3) is 2.27. The predicted molar refractivity (Wildman–Crippen MR) is 72.6 cm³/mol. The first-order valence-electron chi connectivity index (χ1n) is 6.30. The Morgan fingerprint density at radius 3 is 2.85 bits per heavy atom. The van der Waals surface area contributed by atoms with Crippen LogP contribution in [0.4, 0.5) is 11.5 Å². The Morgan fingerprint density at radius 1 is 1.25 bits per heavy atom. The van der Waals surface area contributed by atoms with Gasteiger partial charge in [0.25, 0.3) is 0 Å². The number of para-hydroxylation sites is 2. The van der Waals surface area contributed by atoms with Gasteiger partial charge in [-0.2, -0.15) is 0 Å². The lowest BCUT2D eigenvalue weighted by Gasteiger charge is -2.22. The van der Waals surface area contributed by atoms with Gasteiger partial charge in [0, 0.05) is 6.54 Å². The molecule has 0 unspecified atom stereocenters. The molecular weight excluding hydrogens is 258 g/mol. The zero-order valence-electron chi connectivity index (χ0n) is 10.7. The number of hydrogen-bond donors (Lipinski definition) is 1. The fourth-order valence-corrected chi connectivity index (χ4v) is 2.14. The highest BCUT2D eigenvalue weighted by atomic mass is 16.5. The maximum absolute atomic E-state index is 10.8. The molecule has 1 aliphatic heterocycles. The molecule has 0 fully saturated rings. The van der Waals surface area contributed by atoms with Gasteiger partial charge in [0.1, 0.15) is 5.75 Å². The number of benzene rings is 1. The number of nitrogens with zero attached hydrogens (tertiary/aromatic N) is 3. The number of fused-ring (bicyclic) bond motifs is 1. The molecule has 1 aromatic carbocycles. The van der Waals surface area contributed by atoms with Crippen molar-refractivity contribution in [1.82, 2.24) is 9.97 Å². The zero-order chi connectivity index (χ0) is 13.9. The van der Waals surface area contributed by atoms with Gasteiger partial charge < -0.3 is 14.7 Å². The Kier molecular flexibility index (Phi) is 3.20. The van der Waals surface area contributed by atoms with Crippen molar-refractivity contribution in [2.45, 2.75) is 6.42 Å². The van der Waals surface area contributed by atoms with Crippen molar-refractivity contribution in [2.75, 3.05) is 18.1 Å². The number of hydrogen-bond acceptors (Lipinski definition) is 5. The van der Waals surface area contributed by atoms with Crippen molar-refractivity contribution in [1.29, 1.82) is 0 Å². The van der Waals surface area contributed by atoms with Crippen LogP contribution in [0.1, 0.15) is 16.9 Å². The van der Waals surface area contributed by atoms with E-state index in [1.165, 1.54) is 12.4 Å². The number of rotatable bonds is 2. The molecule has 1 aliphatic rings. The van der Waals surface area contributed by atoms with Crippen LogP contribution in [0.3, 0.4) is 0 Å². The molecule has 0 atom stereocenters. The molecular formula is C14H13N3O3. The fraction of sp³-hybridized carbons (Fsp3) is 0.214. The van der Waals surface area contributed by atoms with Crippen molar-refractivity contribution in [2.24, 2.45) is 0 Å². The summed E-state index contributed by atoms with van der Waals surface area (Å²) in [4.78, 5) is 20.9. The number of carboxylic acid groups (broad SMARTS) is 1. The monoisotopic (exact) mass is 271 g/mol. The van der Waals surface area contributed by atoms with Gasteiger partial charge in [-0.3, -0.25) is 0 Å². The molecule has 0 amide bonds. The van der Waals surface area contributed by atoms with Crippen LogP contribution >= 0.6 is 0 Å². The van der Waals surface area contributed by atoms with Crippen molar-refractivity contribution in [3.8, 4) is 5.75 Å². The lowest BCUT2D eigenvalue weighted by atomic mass is 10.2. The van der Waals surface area contributed by atoms with Gasteiger partial charge in [-0.1, -0.05) is 12.1 Å². The normalized spacial score (nSPS) is 14.1. The van der Waals surface area contributed by atoms with E-state index in [1.807, 2.05) is 29.2 Å². The standard InChI is InChI=1S/C14H13N3O3/c18-14(19)10-8-16-13(9-15-10)17-6-3-7-20-12-5-2-1-4-11(12)17/h1-2,4-5,8-9H,3,6-7H2,(H,18,19). The summed E-state index contributed by atoms with van der Waals surface area (Å²) in [6.07, 6.45) is 3.61. The van der Waals surface area contributed by atoms with E-state index < -0.39 is 5.97 Å². The number of carboxylic acids is 1. The van der Waals surface area contributed by atoms with Crippen molar-refractivity contribution < 1.29 is 14.6 Å². The summed E-state index contributed by atoms with van der Waals surface area (Å²) >= 11 is 0. The summed E-state index contributed by atoms with van der Waals surface area (Å²) < 4.78 is 5.68. The van der Waals surface area contributed by atoms with E-state index in [2.05, 4.69) is 9.97 Å². The highest BCUT2D eigenvalue weighted by Crippen LogP contribution is 2.34. The quantitative estimate of drug-likeness (QED) is 0.901. The average Bonchev–Trinajstić information content (AvgIpc) is 2.69. The summed E-state index contributed by atoms with van der Waals surface area (Å²) in [6.45, 7) is 1.40. The van der Waals surface area contributed by atoms with E-state index in [0.717, 1.165) is 24.4 Å². The molecule has 2 aromatic rings. The van der Waals surface area contributed by atoms with E-state index in [0.29, 0.717) is 12.4 Å². The minimum atomic E-state index is -1.08. The number of aromatic nitrogens is 2. The van der Waals surface area contributed by atoms with E-state index in [-0.39, 0.29) is 5.69 Å². The predicted octanol–water partition coefficient (Wildman–Crippen LogP) is 2.10. The van der Waals surface area contributed by atoms with E-state index in [1.54, 1.807) is 0 Å². The summed E-state index contributed by atoms with van der Waals surface area (Å²) in [5.74, 6) is 0.339. The van der Waals surface area contributed by atoms with Crippen LogP contribution < -0.4 is 9.64 Å². The van der Waals surface area contributed by atoms with Gasteiger partial charge in [0.05, 0.1) is 24.7 Å². The maximum atomic E-state index is 10.8. The van der Waals surface area contributed by atoms with Crippen LogP contribution in [-0.2, 0) is 0 Å². The third-order valence-corrected chi connectivity index (χ3v) is 3.07. The summed E-state index contributed by atoms with van der Waals surface area (Å²) in [6, 6.07) is 7.71. The van der Waals surface area contributed by atoms with E-state index in [4.69, 9.17) is 9.84 Å². The number of aromatic carboxylic acids is 1. The van der Waals surface area contributed by atoms with Crippen molar-refractivity contribution in [3.05, 3.63) is 42.4 Å². The average molecular weight is 271 g/mol. The Balaban J connectivity index is 1.98. The first kappa shape index (κ1) is 12.4. The molecule has 20 heavy (non-hydrogen) atoms. The molecule has 0 saturated carbocycles. The van der Waals surface area contributed by atoms with Gasteiger partial charge in [-0.25, -0.2) is 14.8 Å². The van der Waals surface area contributed by atoms with Gasteiger partial charge in [0.2, 0.25) is 0 Å². The van der Waals surface area contributed by atoms with E-state index >= 15 is 0 Å². The number of carbonyl (C=O) groups is 1. The van der Waals surface area contributed by atoms with Gasteiger partial charge in [-0.05, 0) is 18.6 Å². The minimum absolute atomic E-state index is 0.0619. The highest BCUT2D eigenvalue weighted by Gasteiger charge is 2.19. The fourth-order valence-electron chi connectivity index (χ4n) is 2.14. The first-order chi connectivity index (χ1) is 9.75. The second-order valence-corrected chi connectivity index (χ2v) is 4.39. The molecule has 1 N–H and O–H groups in total. The summed E-state index contributed by atoms with van der Waals surface area (Å²) in [7, 11) is 0. The van der Waals surface area contributed by atoms with Crippen LogP contribution in [0.5, 0.6) is 5.75 Å². The topological polar surface area (TPSA) is 75.5 Å². The molecule has 1 aromatic heterocycles. The van der Waals surface area contributed by atoms with Crippen LogP contribution in [0.15, 0.2) is 36.7 Å². The van der Waals surface area contributed by atoms with E-state index in [9.17, 15) is 4.79 Å². The zero-order valence-corrected chi connectivity index (χ0v) is 10.7. The molecule has 102 valence electrons. The number of anilines is 2. The Morgan fingerprint density at radius 2 is 2.10 bits per heavy atom. The molecule has 0 bridgehead atoms. The van der Waals surface area contributed by atoms with Gasteiger partial charge in [-0.15, -0.1) is 0 Å². The maximum Gasteiger partial charge on any atom is 0.356 e. The molecule has 2 heterocycles. The summed E-state index contributed by atoms with van der Waals surface area (Å²) in [5.41, 5.74) is 0.857. The highest BCUT2D eigenvalue weighted by molar-refractivity contribution is 5.85. The number of ether oxygens (including phenoxy) is 1. The Labute approximate surface area is 115 Å². The molecule has 0 radical (unpaired) electrons. The molecule has 0 saturated heterocycles. The van der Waals surface area contributed by atoms with Crippen LogP contribution in [-0.4, -0.2) is 34.2 Å². The third-order valence-electron chi connectivity index (χ3n) is 3.07. The minimum Gasteiger partial charge on any atom is -0.491 e. The smallest absolute Gasteiger partial charge is 0.356 e. The lowest BCUT2D eigenvalue weighted by molar-refractivity contribution is 0.0690. The van der Waals surface area contributed by atoms with Gasteiger partial charge in [0.15, 0.2) is 11.5 Å². The summed E-state index contributed by atoms with van der Waals surface area (Å²) in [5, 5.41) is 8.85. The van der Waals surface area contributed by atoms with Crippen LogP contribution in [0.2, 0.25) is 0 Å². The SMILES string of the molecule is O=C(O)c1cnc(N2CCCOc3ccccc32)cn1. The van der Waals surface area contributed by atoms with Crippen molar-refractivity contribution >= 4 is 17.5 Å². The van der Waals surface area contributed by atoms with Gasteiger partial charge >= 0.3 is 5.97 Å². The Bertz CT molecular complexity index is 628. The Hall–Kier alpha value is -2.63. The second kappa shape index (κ2) is 5.16. The second-order valence-electron chi connectivity index (χ2n) is 4.39. The van der Waals surface area contributed by atoms with Crippen LogP contribution in [0.25, 0.3) is 0 Å².